The first-order valence-corrected chi connectivity index (χ1v) is 7.02. The number of thiocarbonyl (C=S) groups is 1. The molecule has 1 unspecified atom stereocenters. The maximum atomic E-state index is 6.03. The van der Waals surface area contributed by atoms with Crippen molar-refractivity contribution < 1.29 is 0 Å². The van der Waals surface area contributed by atoms with Crippen LogP contribution in [0.1, 0.15) is 24.1 Å². The summed E-state index contributed by atoms with van der Waals surface area (Å²) in [4.78, 5) is 6.83. The quantitative estimate of drug-likeness (QED) is 0.877. The van der Waals surface area contributed by atoms with Gasteiger partial charge in [0.15, 0.2) is 0 Å². The third-order valence-corrected chi connectivity index (χ3v) is 3.78. The molecule has 5 heteroatoms. The van der Waals surface area contributed by atoms with Gasteiger partial charge in [-0.25, -0.2) is 4.98 Å². The monoisotopic (exact) mass is 305 g/mol. The molecule has 0 spiro atoms. The van der Waals surface area contributed by atoms with Crippen molar-refractivity contribution in [2.75, 3.05) is 11.9 Å². The summed E-state index contributed by atoms with van der Waals surface area (Å²) in [7, 11) is 1.99. The maximum Gasteiger partial charge on any atom is 0.128 e. The second-order valence-electron chi connectivity index (χ2n) is 4.61. The number of benzene rings is 1. The predicted octanol–water partition coefficient (Wildman–Crippen LogP) is 3.57. The number of rotatable bonds is 4. The lowest BCUT2D eigenvalue weighted by atomic mass is 10.1. The SMILES string of the molecule is CC(c1cccc(Cl)c1)N(C)c1ccc(C(N)=S)cn1. The Kier molecular flexibility index (Phi) is 4.57. The molecule has 20 heavy (non-hydrogen) atoms. The number of pyridine rings is 1. The van der Waals surface area contributed by atoms with Crippen molar-refractivity contribution in [3.63, 3.8) is 0 Å². The molecule has 1 aromatic heterocycles. The van der Waals surface area contributed by atoms with Gasteiger partial charge in [0.25, 0.3) is 0 Å². The molecule has 0 radical (unpaired) electrons. The topological polar surface area (TPSA) is 42.1 Å². The minimum absolute atomic E-state index is 0.164. The van der Waals surface area contributed by atoms with Crippen molar-refractivity contribution >= 4 is 34.6 Å². The zero-order valence-electron chi connectivity index (χ0n) is 11.4. The summed E-state index contributed by atoms with van der Waals surface area (Å²) in [5.41, 5.74) is 7.48. The van der Waals surface area contributed by atoms with Gasteiger partial charge in [-0.2, -0.15) is 0 Å². The second-order valence-corrected chi connectivity index (χ2v) is 5.49. The van der Waals surface area contributed by atoms with E-state index < -0.39 is 0 Å². The van der Waals surface area contributed by atoms with Crippen LogP contribution in [0.2, 0.25) is 5.02 Å². The van der Waals surface area contributed by atoms with Gasteiger partial charge in [-0.3, -0.25) is 0 Å². The fraction of sp³-hybridized carbons (Fsp3) is 0.200. The van der Waals surface area contributed by atoms with E-state index in [1.54, 1.807) is 6.20 Å². The lowest BCUT2D eigenvalue weighted by Crippen LogP contribution is -2.23. The molecule has 2 aromatic rings. The highest BCUT2D eigenvalue weighted by Crippen LogP contribution is 2.25. The molecule has 2 N–H and O–H groups in total. The molecule has 1 aromatic carbocycles. The van der Waals surface area contributed by atoms with Crippen LogP contribution in [0.4, 0.5) is 5.82 Å². The molecule has 1 atom stereocenters. The number of hydrogen-bond donors (Lipinski definition) is 1. The molecule has 104 valence electrons. The molecule has 3 nitrogen and oxygen atoms in total. The van der Waals surface area contributed by atoms with Gasteiger partial charge in [0.05, 0.1) is 6.04 Å². The minimum atomic E-state index is 0.164. The van der Waals surface area contributed by atoms with Crippen LogP contribution in [0.5, 0.6) is 0 Å². The van der Waals surface area contributed by atoms with Gasteiger partial charge >= 0.3 is 0 Å². The molecular formula is C15H16ClN3S. The van der Waals surface area contributed by atoms with Gasteiger partial charge in [0.1, 0.15) is 10.8 Å². The zero-order chi connectivity index (χ0) is 14.7. The fourth-order valence-corrected chi connectivity index (χ4v) is 2.25. The molecule has 0 saturated carbocycles. The number of anilines is 1. The van der Waals surface area contributed by atoms with Crippen LogP contribution in [0.15, 0.2) is 42.6 Å². The Bertz CT molecular complexity index is 613. The Morgan fingerprint density at radius 3 is 2.65 bits per heavy atom. The summed E-state index contributed by atoms with van der Waals surface area (Å²) in [5.74, 6) is 0.859. The fourth-order valence-electron chi connectivity index (χ4n) is 1.93. The molecule has 0 amide bonds. The summed E-state index contributed by atoms with van der Waals surface area (Å²) in [6.07, 6.45) is 1.69. The van der Waals surface area contributed by atoms with Crippen molar-refractivity contribution in [2.45, 2.75) is 13.0 Å². The van der Waals surface area contributed by atoms with Crippen LogP contribution in [0, 0.1) is 0 Å². The number of nitrogens with zero attached hydrogens (tertiary/aromatic N) is 2. The van der Waals surface area contributed by atoms with E-state index >= 15 is 0 Å². The van der Waals surface area contributed by atoms with Crippen molar-refractivity contribution in [1.29, 1.82) is 0 Å². The van der Waals surface area contributed by atoms with Crippen LogP contribution < -0.4 is 10.6 Å². The average molecular weight is 306 g/mol. The standard InChI is InChI=1S/C15H16ClN3S/c1-10(11-4-3-5-13(16)8-11)19(2)14-7-6-12(9-18-14)15(17)20/h3-10H,1-2H3,(H2,17,20). The van der Waals surface area contributed by atoms with E-state index in [9.17, 15) is 0 Å². The maximum absolute atomic E-state index is 6.03. The van der Waals surface area contributed by atoms with E-state index in [2.05, 4.69) is 22.9 Å². The first-order valence-electron chi connectivity index (χ1n) is 6.23. The van der Waals surface area contributed by atoms with Crippen LogP contribution >= 0.6 is 23.8 Å². The van der Waals surface area contributed by atoms with Gasteiger partial charge in [-0.05, 0) is 36.8 Å². The molecule has 0 fully saturated rings. The average Bonchev–Trinajstić information content (AvgIpc) is 2.46. The molecule has 0 saturated heterocycles. The van der Waals surface area contributed by atoms with Crippen molar-refractivity contribution in [1.82, 2.24) is 4.98 Å². The molecule has 0 aliphatic heterocycles. The largest absolute Gasteiger partial charge is 0.389 e. The highest BCUT2D eigenvalue weighted by molar-refractivity contribution is 7.80. The lowest BCUT2D eigenvalue weighted by Gasteiger charge is -2.26. The predicted molar refractivity (Wildman–Crippen MR) is 88.4 cm³/mol. The Morgan fingerprint density at radius 2 is 2.10 bits per heavy atom. The van der Waals surface area contributed by atoms with Crippen molar-refractivity contribution in [3.8, 4) is 0 Å². The van der Waals surface area contributed by atoms with Crippen molar-refractivity contribution in [3.05, 3.63) is 58.7 Å². The molecule has 0 bridgehead atoms. The van der Waals surface area contributed by atoms with Gasteiger partial charge < -0.3 is 10.6 Å². The highest BCUT2D eigenvalue weighted by Gasteiger charge is 2.13. The summed E-state index contributed by atoms with van der Waals surface area (Å²) < 4.78 is 0. The van der Waals surface area contributed by atoms with E-state index in [1.807, 2.05) is 37.4 Å². The molecule has 0 aliphatic rings. The smallest absolute Gasteiger partial charge is 0.128 e. The first kappa shape index (κ1) is 14.8. The Balaban J connectivity index is 2.22. The summed E-state index contributed by atoms with van der Waals surface area (Å²) in [6.45, 7) is 2.11. The van der Waals surface area contributed by atoms with Gasteiger partial charge in [-0.1, -0.05) is 36.0 Å². The number of halogens is 1. The van der Waals surface area contributed by atoms with E-state index in [0.29, 0.717) is 4.99 Å². The van der Waals surface area contributed by atoms with E-state index in [0.717, 1.165) is 22.0 Å². The Labute approximate surface area is 129 Å². The van der Waals surface area contributed by atoms with Crippen molar-refractivity contribution in [2.24, 2.45) is 5.73 Å². The normalized spacial score (nSPS) is 11.9. The summed E-state index contributed by atoms with van der Waals surface area (Å²) in [5, 5.41) is 0.736. The lowest BCUT2D eigenvalue weighted by molar-refractivity contribution is 0.729. The molecule has 0 aliphatic carbocycles. The molecule has 2 rings (SSSR count). The van der Waals surface area contributed by atoms with Gasteiger partial charge in [0.2, 0.25) is 0 Å². The van der Waals surface area contributed by atoms with Crippen LogP contribution in [-0.2, 0) is 0 Å². The first-order chi connectivity index (χ1) is 9.49. The van der Waals surface area contributed by atoms with Crippen LogP contribution in [-0.4, -0.2) is 17.0 Å². The zero-order valence-corrected chi connectivity index (χ0v) is 12.9. The summed E-state index contributed by atoms with van der Waals surface area (Å²) in [6, 6.07) is 11.8. The van der Waals surface area contributed by atoms with Gasteiger partial charge in [-0.15, -0.1) is 0 Å². The third kappa shape index (κ3) is 3.26. The van der Waals surface area contributed by atoms with E-state index in [4.69, 9.17) is 29.6 Å². The van der Waals surface area contributed by atoms with Crippen LogP contribution in [0.25, 0.3) is 0 Å². The third-order valence-electron chi connectivity index (χ3n) is 3.31. The Morgan fingerprint density at radius 1 is 1.35 bits per heavy atom. The number of hydrogen-bond acceptors (Lipinski definition) is 3. The Hall–Kier alpha value is -1.65. The van der Waals surface area contributed by atoms with E-state index in [-0.39, 0.29) is 6.04 Å². The van der Waals surface area contributed by atoms with Gasteiger partial charge in [0, 0.05) is 23.8 Å². The summed E-state index contributed by atoms with van der Waals surface area (Å²) >= 11 is 11.0. The molecule has 1 heterocycles. The number of aromatic nitrogens is 1. The highest BCUT2D eigenvalue weighted by atomic mass is 35.5. The molecular weight excluding hydrogens is 290 g/mol. The second kappa shape index (κ2) is 6.20. The minimum Gasteiger partial charge on any atom is -0.389 e. The van der Waals surface area contributed by atoms with Crippen LogP contribution in [0.3, 0.4) is 0 Å². The van der Waals surface area contributed by atoms with E-state index in [1.165, 1.54) is 0 Å². The number of nitrogens with two attached hydrogens (primary N) is 1.